The zero-order chi connectivity index (χ0) is 23.5. The number of rotatable bonds is 6. The molecule has 8 heteroatoms. The van der Waals surface area contributed by atoms with Gasteiger partial charge in [0.15, 0.2) is 11.6 Å². The molecule has 1 aliphatic heterocycles. The summed E-state index contributed by atoms with van der Waals surface area (Å²) in [4.78, 5) is 34.2. The van der Waals surface area contributed by atoms with Gasteiger partial charge in [0.1, 0.15) is 12.3 Å². The maximum Gasteiger partial charge on any atom is 0.289 e. The lowest BCUT2D eigenvalue weighted by atomic mass is 10.2. The third-order valence-corrected chi connectivity index (χ3v) is 6.15. The number of ether oxygens (including phenoxy) is 1. The molecule has 1 fully saturated rings. The molecule has 2 aromatic carbocycles. The van der Waals surface area contributed by atoms with E-state index in [1.807, 2.05) is 54.3 Å². The van der Waals surface area contributed by atoms with Crippen molar-refractivity contribution in [3.63, 3.8) is 0 Å². The number of carbonyl (C=O) groups excluding carboxylic acids is 1. The molecule has 2 aromatic heterocycles. The van der Waals surface area contributed by atoms with Crippen LogP contribution in [0.3, 0.4) is 0 Å². The van der Waals surface area contributed by atoms with Gasteiger partial charge in [-0.15, -0.1) is 0 Å². The van der Waals surface area contributed by atoms with Gasteiger partial charge in [0.25, 0.3) is 11.5 Å². The highest BCUT2D eigenvalue weighted by molar-refractivity contribution is 5.91. The third-order valence-electron chi connectivity index (χ3n) is 6.15. The van der Waals surface area contributed by atoms with Crippen LogP contribution in [0.4, 0.5) is 0 Å². The highest BCUT2D eigenvalue weighted by Gasteiger charge is 2.27. The van der Waals surface area contributed by atoms with E-state index in [1.54, 1.807) is 22.8 Å². The van der Waals surface area contributed by atoms with Gasteiger partial charge in [-0.05, 0) is 43.3 Å². The van der Waals surface area contributed by atoms with Crippen molar-refractivity contribution >= 4 is 16.8 Å². The van der Waals surface area contributed by atoms with Crippen LogP contribution in [0.15, 0.2) is 76.1 Å². The summed E-state index contributed by atoms with van der Waals surface area (Å²) in [7, 11) is 0. The maximum absolute atomic E-state index is 13.6. The number of fused-ring (bicyclic) bond motifs is 1. The highest BCUT2D eigenvalue weighted by Crippen LogP contribution is 2.23. The lowest BCUT2D eigenvalue weighted by Crippen LogP contribution is -3.13. The molecule has 0 bridgehead atoms. The average molecular weight is 460 g/mol. The summed E-state index contributed by atoms with van der Waals surface area (Å²) in [5.74, 6) is 1.60. The first-order valence-electron chi connectivity index (χ1n) is 11.5. The van der Waals surface area contributed by atoms with Gasteiger partial charge >= 0.3 is 0 Å². The van der Waals surface area contributed by atoms with Crippen LogP contribution in [0, 0.1) is 0 Å². The van der Waals surface area contributed by atoms with E-state index in [4.69, 9.17) is 14.1 Å². The number of para-hydroxylation sites is 3. The Hall–Kier alpha value is -3.91. The first kappa shape index (κ1) is 21.9. The zero-order valence-corrected chi connectivity index (χ0v) is 19.1. The Morgan fingerprint density at radius 3 is 2.59 bits per heavy atom. The molecule has 4 aromatic rings. The highest BCUT2D eigenvalue weighted by atomic mass is 16.5. The number of amides is 1. The molecule has 0 unspecified atom stereocenters. The number of hydrogen-bond acceptors (Lipinski definition) is 5. The molecule has 0 spiro atoms. The van der Waals surface area contributed by atoms with Crippen LogP contribution in [-0.2, 0) is 6.54 Å². The molecule has 0 radical (unpaired) electrons. The van der Waals surface area contributed by atoms with Gasteiger partial charge in [0.2, 0.25) is 0 Å². The molecule has 0 saturated carbocycles. The van der Waals surface area contributed by atoms with Crippen molar-refractivity contribution < 1.29 is 18.8 Å². The monoisotopic (exact) mass is 459 g/mol. The molecule has 8 nitrogen and oxygen atoms in total. The van der Waals surface area contributed by atoms with Crippen molar-refractivity contribution in [3.8, 4) is 11.4 Å². The van der Waals surface area contributed by atoms with E-state index >= 15 is 0 Å². The van der Waals surface area contributed by atoms with E-state index in [-0.39, 0.29) is 11.5 Å². The lowest BCUT2D eigenvalue weighted by molar-refractivity contribution is -0.918. The summed E-state index contributed by atoms with van der Waals surface area (Å²) in [6, 6.07) is 18.4. The van der Waals surface area contributed by atoms with Crippen molar-refractivity contribution in [2.75, 3.05) is 32.8 Å². The van der Waals surface area contributed by atoms with Gasteiger partial charge in [-0.1, -0.05) is 24.3 Å². The largest absolute Gasteiger partial charge is 0.492 e. The van der Waals surface area contributed by atoms with Crippen molar-refractivity contribution in [2.45, 2.75) is 13.5 Å². The Kier molecular flexibility index (Phi) is 6.14. The summed E-state index contributed by atoms with van der Waals surface area (Å²) in [5.41, 5.74) is 1.26. The van der Waals surface area contributed by atoms with Crippen LogP contribution < -0.4 is 15.2 Å². The zero-order valence-electron chi connectivity index (χ0n) is 19.1. The van der Waals surface area contributed by atoms with Crippen LogP contribution >= 0.6 is 0 Å². The quantitative estimate of drug-likeness (QED) is 0.477. The van der Waals surface area contributed by atoms with Gasteiger partial charge < -0.3 is 19.0 Å². The fourth-order valence-electron chi connectivity index (χ4n) is 4.45. The lowest BCUT2D eigenvalue weighted by Gasteiger charge is -2.32. The van der Waals surface area contributed by atoms with Crippen molar-refractivity contribution in [1.29, 1.82) is 0 Å². The number of quaternary nitrogens is 1. The Morgan fingerprint density at radius 1 is 1.06 bits per heavy atom. The molecule has 1 saturated heterocycles. The molecule has 3 heterocycles. The molecule has 0 atom stereocenters. The molecular formula is C26H27N4O4+. The number of furan rings is 1. The predicted molar refractivity (Wildman–Crippen MR) is 128 cm³/mol. The fourth-order valence-corrected chi connectivity index (χ4v) is 4.45. The van der Waals surface area contributed by atoms with E-state index in [2.05, 4.69) is 0 Å². The van der Waals surface area contributed by atoms with E-state index in [0.29, 0.717) is 60.2 Å². The first-order valence-corrected chi connectivity index (χ1v) is 11.5. The topological polar surface area (TPSA) is 82.0 Å². The van der Waals surface area contributed by atoms with Gasteiger partial charge in [0.05, 0.1) is 55.6 Å². The van der Waals surface area contributed by atoms with Crippen molar-refractivity contribution in [2.24, 2.45) is 0 Å². The number of hydrogen-bond donors (Lipinski definition) is 1. The summed E-state index contributed by atoms with van der Waals surface area (Å²) in [5, 5.41) is 0.571. The minimum Gasteiger partial charge on any atom is -0.492 e. The van der Waals surface area contributed by atoms with Crippen LogP contribution in [0.1, 0.15) is 23.3 Å². The standard InChI is InChI=1S/C26H26N4O4/c1-2-33-22-11-6-5-10-21(22)30-24(27-20-9-4-3-8-19(20)25(30)31)18-28-13-15-29(16-14-28)26(32)23-12-7-17-34-23/h3-12,17H,2,13-16,18H2,1H3/p+1. The maximum atomic E-state index is 13.6. The Balaban J connectivity index is 1.46. The number of piperazine rings is 1. The molecular weight excluding hydrogens is 432 g/mol. The molecule has 0 aliphatic carbocycles. The molecule has 1 amide bonds. The molecule has 5 rings (SSSR count). The summed E-state index contributed by atoms with van der Waals surface area (Å²) < 4.78 is 12.8. The van der Waals surface area contributed by atoms with Crippen molar-refractivity contribution in [3.05, 3.63) is 88.9 Å². The van der Waals surface area contributed by atoms with Gasteiger partial charge in [-0.3, -0.25) is 14.2 Å². The Bertz CT molecular complexity index is 1350. The second kappa shape index (κ2) is 9.52. The Labute approximate surface area is 197 Å². The first-order chi connectivity index (χ1) is 16.7. The van der Waals surface area contributed by atoms with E-state index in [1.165, 1.54) is 11.2 Å². The smallest absolute Gasteiger partial charge is 0.289 e. The van der Waals surface area contributed by atoms with Crippen LogP contribution in [0.25, 0.3) is 16.6 Å². The van der Waals surface area contributed by atoms with Crippen molar-refractivity contribution in [1.82, 2.24) is 14.5 Å². The molecule has 1 aliphatic rings. The predicted octanol–water partition coefficient (Wildman–Crippen LogP) is 1.92. The fraction of sp³-hybridized carbons (Fsp3) is 0.269. The van der Waals surface area contributed by atoms with Crippen LogP contribution in [0.2, 0.25) is 0 Å². The number of benzene rings is 2. The second-order valence-electron chi connectivity index (χ2n) is 8.28. The van der Waals surface area contributed by atoms with E-state index in [0.717, 1.165) is 13.1 Å². The summed E-state index contributed by atoms with van der Waals surface area (Å²) in [6.45, 7) is 5.71. The van der Waals surface area contributed by atoms with Crippen LogP contribution in [0.5, 0.6) is 5.75 Å². The molecule has 1 N–H and O–H groups in total. The third kappa shape index (κ3) is 4.20. The Morgan fingerprint density at radius 2 is 1.82 bits per heavy atom. The van der Waals surface area contributed by atoms with Gasteiger partial charge in [0, 0.05) is 0 Å². The summed E-state index contributed by atoms with van der Waals surface area (Å²) >= 11 is 0. The SMILES string of the molecule is CCOc1ccccc1-n1c(C[NH+]2CCN(C(=O)c3ccco3)CC2)nc2ccccc2c1=O. The molecule has 174 valence electrons. The number of carbonyl (C=O) groups is 1. The number of aromatic nitrogens is 2. The number of nitrogens with zero attached hydrogens (tertiary/aromatic N) is 3. The number of nitrogens with one attached hydrogen (secondary N) is 1. The van der Waals surface area contributed by atoms with Crippen LogP contribution in [-0.4, -0.2) is 53.1 Å². The second-order valence-corrected chi connectivity index (χ2v) is 8.28. The summed E-state index contributed by atoms with van der Waals surface area (Å²) in [6.07, 6.45) is 1.51. The van der Waals surface area contributed by atoms with E-state index in [9.17, 15) is 9.59 Å². The molecule has 34 heavy (non-hydrogen) atoms. The average Bonchev–Trinajstić information content (AvgIpc) is 3.40. The minimum atomic E-state index is -0.112. The van der Waals surface area contributed by atoms with E-state index < -0.39 is 0 Å². The van der Waals surface area contributed by atoms with Gasteiger partial charge in [-0.2, -0.15) is 0 Å². The normalized spacial score (nSPS) is 14.4. The minimum absolute atomic E-state index is 0.0876. The van der Waals surface area contributed by atoms with Gasteiger partial charge in [-0.25, -0.2) is 4.98 Å².